The van der Waals surface area contributed by atoms with Crippen LogP contribution in [0.1, 0.15) is 77.6 Å². The van der Waals surface area contributed by atoms with Crippen molar-refractivity contribution in [2.24, 2.45) is 23.7 Å². The number of sulfonamides is 1. The Labute approximate surface area is 293 Å². The van der Waals surface area contributed by atoms with E-state index in [1.54, 1.807) is 16.4 Å². The number of benzene rings is 1. The quantitative estimate of drug-likeness (QED) is 0.308. The molecule has 0 unspecified atom stereocenters. The molecule has 2 atom stereocenters. The molecule has 13 nitrogen and oxygen atoms in total. The van der Waals surface area contributed by atoms with Gasteiger partial charge in [-0.3, -0.25) is 10.1 Å². The summed E-state index contributed by atoms with van der Waals surface area (Å²) in [5.41, 5.74) is 1.31. The van der Waals surface area contributed by atoms with Crippen molar-refractivity contribution >= 4 is 45.4 Å². The molecule has 5 rings (SSSR count). The number of nitrogens with zero attached hydrogens (tertiary/aromatic N) is 3. The Kier molecular flexibility index (Phi) is 11.5. The second-order valence-corrected chi connectivity index (χ2v) is 16.9. The van der Waals surface area contributed by atoms with Gasteiger partial charge in [0.1, 0.15) is 22.3 Å². The summed E-state index contributed by atoms with van der Waals surface area (Å²) >= 11 is 6.72. The van der Waals surface area contributed by atoms with Crippen molar-refractivity contribution in [3.05, 3.63) is 35.2 Å². The molecule has 3 amide bonds. The summed E-state index contributed by atoms with van der Waals surface area (Å²) in [6, 6.07) is 6.79. The summed E-state index contributed by atoms with van der Waals surface area (Å²) in [4.78, 5) is 48.2. The molecule has 3 heterocycles. The second kappa shape index (κ2) is 15.3. The summed E-state index contributed by atoms with van der Waals surface area (Å²) in [7, 11) is -1.95. The number of aromatic nitrogens is 2. The zero-order chi connectivity index (χ0) is 35.5. The maximum Gasteiger partial charge on any atom is 0.411 e. The normalized spacial score (nSPS) is 24.0. The smallest absolute Gasteiger partial charge is 0.411 e. The summed E-state index contributed by atoms with van der Waals surface area (Å²) < 4.78 is 35.9. The molecular weight excluding hydrogens is 672 g/mol. The first-order valence-corrected chi connectivity index (χ1v) is 19.3. The van der Waals surface area contributed by atoms with Crippen LogP contribution in [0, 0.1) is 23.7 Å². The van der Waals surface area contributed by atoms with Crippen molar-refractivity contribution in [1.29, 1.82) is 0 Å². The van der Waals surface area contributed by atoms with E-state index in [-0.39, 0.29) is 35.6 Å². The third-order valence-electron chi connectivity index (χ3n) is 9.96. The first-order chi connectivity index (χ1) is 23.1. The van der Waals surface area contributed by atoms with E-state index in [2.05, 4.69) is 20.4 Å². The molecule has 0 bridgehead atoms. The number of imidazole rings is 1. The van der Waals surface area contributed by atoms with Gasteiger partial charge in [0.25, 0.3) is 0 Å². The molecule has 3 aliphatic rings. The molecule has 1 aromatic heterocycles. The van der Waals surface area contributed by atoms with Gasteiger partial charge in [-0.1, -0.05) is 23.7 Å². The topological polar surface area (TPSA) is 163 Å². The van der Waals surface area contributed by atoms with Crippen LogP contribution in [-0.4, -0.2) is 90.8 Å². The number of amides is 3. The Balaban J connectivity index is 1.29. The third kappa shape index (κ3) is 9.46. The van der Waals surface area contributed by atoms with Crippen molar-refractivity contribution in [1.82, 2.24) is 24.5 Å². The first-order valence-electron chi connectivity index (χ1n) is 17.0. The number of likely N-dealkylation sites (tertiary alicyclic amines) is 1. The van der Waals surface area contributed by atoms with Crippen LogP contribution in [0.2, 0.25) is 5.15 Å². The molecule has 2 saturated heterocycles. The number of nitrogens with one attached hydrogen (secondary N) is 3. The zero-order valence-corrected chi connectivity index (χ0v) is 30.5. The van der Waals surface area contributed by atoms with Crippen LogP contribution in [-0.2, 0) is 24.3 Å². The van der Waals surface area contributed by atoms with Crippen molar-refractivity contribution in [3.63, 3.8) is 0 Å². The Bertz CT molecular complexity index is 1590. The summed E-state index contributed by atoms with van der Waals surface area (Å²) in [6.45, 7) is 7.56. The highest BCUT2D eigenvalue weighted by Gasteiger charge is 2.44. The number of hydrogen-bond acceptors (Lipinski definition) is 8. The fourth-order valence-corrected chi connectivity index (χ4v) is 8.50. The van der Waals surface area contributed by atoms with Crippen molar-refractivity contribution in [2.75, 3.05) is 44.9 Å². The number of carbonyl (C=O) groups excluding carboxylic acids is 3. The minimum absolute atomic E-state index is 0.104. The Hall–Kier alpha value is -3.36. The molecule has 15 heteroatoms. The van der Waals surface area contributed by atoms with Crippen molar-refractivity contribution in [2.45, 2.75) is 77.4 Å². The maximum atomic E-state index is 14.3. The van der Waals surface area contributed by atoms with Gasteiger partial charge in [0, 0.05) is 43.3 Å². The number of rotatable bonds is 8. The lowest BCUT2D eigenvalue weighted by Crippen LogP contribution is -2.41. The lowest BCUT2D eigenvalue weighted by atomic mass is 9.81. The summed E-state index contributed by atoms with van der Waals surface area (Å²) in [5.74, 6) is 1.35. The zero-order valence-electron chi connectivity index (χ0n) is 29.0. The average Bonchev–Trinajstić information content (AvgIpc) is 3.67. The van der Waals surface area contributed by atoms with Crippen LogP contribution in [0.15, 0.2) is 24.3 Å². The van der Waals surface area contributed by atoms with Crippen LogP contribution in [0.3, 0.4) is 0 Å². The molecule has 3 fully saturated rings. The lowest BCUT2D eigenvalue weighted by molar-refractivity contribution is -0.138. The van der Waals surface area contributed by atoms with E-state index >= 15 is 0 Å². The number of alkyl carbamates (subject to hydrolysis) is 1. The number of carbonyl (C=O) groups is 3. The Morgan fingerprint density at radius 2 is 1.65 bits per heavy atom. The molecule has 1 aliphatic carbocycles. The number of hydrogen-bond donors (Lipinski definition) is 3. The lowest BCUT2D eigenvalue weighted by Gasteiger charge is -2.34. The van der Waals surface area contributed by atoms with Crippen LogP contribution in [0.4, 0.5) is 15.3 Å². The SMILES string of the molecule is COC(=O)Nc1ccc(-c2nc([C@@H]3C[C@H](C4CCN(S(C)(=O)=O)CC4)CN3C(=O)C3CCC(CNC(=O)OC(C)(C)C)CC3)[nH]c2Cl)cc1. The average molecular weight is 721 g/mol. The summed E-state index contributed by atoms with van der Waals surface area (Å²) in [5, 5.41) is 5.87. The number of piperidine rings is 1. The highest BCUT2D eigenvalue weighted by Crippen LogP contribution is 2.44. The minimum Gasteiger partial charge on any atom is -0.453 e. The van der Waals surface area contributed by atoms with E-state index in [9.17, 15) is 22.8 Å². The monoisotopic (exact) mass is 720 g/mol. The van der Waals surface area contributed by atoms with Gasteiger partial charge in [0.05, 0.1) is 19.4 Å². The van der Waals surface area contributed by atoms with E-state index in [1.807, 2.05) is 37.8 Å². The van der Waals surface area contributed by atoms with E-state index in [4.69, 9.17) is 21.3 Å². The van der Waals surface area contributed by atoms with Crippen LogP contribution >= 0.6 is 11.6 Å². The number of halogens is 1. The predicted octanol–water partition coefficient (Wildman–Crippen LogP) is 5.80. The maximum absolute atomic E-state index is 14.3. The second-order valence-electron chi connectivity index (χ2n) is 14.6. The van der Waals surface area contributed by atoms with Crippen LogP contribution in [0.5, 0.6) is 0 Å². The van der Waals surface area contributed by atoms with Crippen molar-refractivity contribution < 1.29 is 32.3 Å². The van der Waals surface area contributed by atoms with Gasteiger partial charge in [-0.15, -0.1) is 0 Å². The highest BCUT2D eigenvalue weighted by molar-refractivity contribution is 7.88. The molecule has 0 spiro atoms. The molecule has 2 aliphatic heterocycles. The molecule has 1 aromatic carbocycles. The van der Waals surface area contributed by atoms with Gasteiger partial charge >= 0.3 is 12.2 Å². The molecule has 0 radical (unpaired) electrons. The molecule has 49 heavy (non-hydrogen) atoms. The fourth-order valence-electron chi connectivity index (χ4n) is 7.38. The van der Waals surface area contributed by atoms with E-state index < -0.39 is 27.8 Å². The van der Waals surface area contributed by atoms with Crippen LogP contribution in [0.25, 0.3) is 11.3 Å². The molecule has 2 aromatic rings. The molecule has 270 valence electrons. The largest absolute Gasteiger partial charge is 0.453 e. The van der Waals surface area contributed by atoms with E-state index in [1.165, 1.54) is 13.4 Å². The van der Waals surface area contributed by atoms with Gasteiger partial charge in [0.15, 0.2) is 0 Å². The number of ether oxygens (including phenoxy) is 2. The molecule has 3 N–H and O–H groups in total. The van der Waals surface area contributed by atoms with Crippen LogP contribution < -0.4 is 10.6 Å². The van der Waals surface area contributed by atoms with Crippen molar-refractivity contribution in [3.8, 4) is 11.3 Å². The van der Waals surface area contributed by atoms with E-state index in [0.29, 0.717) is 55.0 Å². The number of H-pyrrole nitrogens is 1. The molecular formula is C34H49ClN6O7S. The standard InChI is InChI=1S/C34H49ClN6O7S/c1-34(2,3)48-32(43)36-19-21-6-8-24(9-7-21)31(42)41-20-25(22-14-16-40(17-15-22)49(5,45)46)18-27(41)30-38-28(29(35)39-30)23-10-12-26(13-11-23)37-33(44)47-4/h10-13,21-22,24-25,27H,6-9,14-20H2,1-5H3,(H,36,43)(H,37,44)(H,38,39)/t21?,24?,25-,27-/m0/s1. The van der Waals surface area contributed by atoms with Gasteiger partial charge in [-0.25, -0.2) is 27.3 Å². The minimum atomic E-state index is -3.24. The summed E-state index contributed by atoms with van der Waals surface area (Å²) in [6.07, 6.45) is 5.58. The van der Waals surface area contributed by atoms with E-state index in [0.717, 1.165) is 44.1 Å². The number of methoxy groups -OCH3 is 1. The number of anilines is 1. The predicted molar refractivity (Wildman–Crippen MR) is 186 cm³/mol. The molecule has 1 saturated carbocycles. The fraction of sp³-hybridized carbons (Fsp3) is 0.647. The van der Waals surface area contributed by atoms with Gasteiger partial charge in [-0.2, -0.15) is 0 Å². The Morgan fingerprint density at radius 1 is 1.00 bits per heavy atom. The highest BCUT2D eigenvalue weighted by atomic mass is 35.5. The Morgan fingerprint density at radius 3 is 2.24 bits per heavy atom. The number of aromatic amines is 1. The van der Waals surface area contributed by atoms with Gasteiger partial charge < -0.3 is 24.7 Å². The third-order valence-corrected chi connectivity index (χ3v) is 11.5. The van der Waals surface area contributed by atoms with Gasteiger partial charge in [-0.05, 0) is 95.6 Å². The van der Waals surface area contributed by atoms with Gasteiger partial charge in [0.2, 0.25) is 15.9 Å². The first kappa shape index (κ1) is 36.9.